The maximum Gasteiger partial charge on any atom is 0.271 e. The Bertz CT molecular complexity index is 224. The summed E-state index contributed by atoms with van der Waals surface area (Å²) in [6.07, 6.45) is 0.702. The van der Waals surface area contributed by atoms with E-state index in [1.165, 1.54) is 0 Å². The van der Waals surface area contributed by atoms with E-state index in [4.69, 9.17) is 4.84 Å². The molecule has 0 saturated carbocycles. The molecule has 0 bridgehead atoms. The molecule has 0 N–H and O–H groups in total. The molecule has 13 heavy (non-hydrogen) atoms. The fraction of sp³-hybridized carbons (Fsp3) is 0.778. The largest absolute Gasteiger partial charge is 0.395 e. The Kier molecular flexibility index (Phi) is 3.28. The smallest absolute Gasteiger partial charge is 0.271 e. The fourth-order valence-corrected chi connectivity index (χ4v) is 1.05. The van der Waals surface area contributed by atoms with E-state index in [0.29, 0.717) is 24.7 Å². The SMILES string of the molecule is CC(C)CO/N=C1\CCN(C)C1=O. The summed E-state index contributed by atoms with van der Waals surface area (Å²) in [5.41, 5.74) is 0.545. The van der Waals surface area contributed by atoms with Gasteiger partial charge in [0.05, 0.1) is 0 Å². The highest BCUT2D eigenvalue weighted by atomic mass is 16.6. The monoisotopic (exact) mass is 184 g/mol. The van der Waals surface area contributed by atoms with E-state index in [9.17, 15) is 4.79 Å². The van der Waals surface area contributed by atoms with Crippen molar-refractivity contribution >= 4 is 11.6 Å². The standard InChI is InChI=1S/C9H16N2O2/c1-7(2)6-13-10-8-4-5-11(3)9(8)12/h7H,4-6H2,1-3H3/b10-8+. The average Bonchev–Trinajstić information content (AvgIpc) is 2.35. The zero-order chi connectivity index (χ0) is 9.84. The van der Waals surface area contributed by atoms with Crippen LogP contribution in [0.25, 0.3) is 0 Å². The van der Waals surface area contributed by atoms with Crippen LogP contribution in [0.4, 0.5) is 0 Å². The molecule has 1 fully saturated rings. The second-order valence-corrected chi connectivity index (χ2v) is 3.70. The molecule has 1 aliphatic rings. The highest BCUT2D eigenvalue weighted by Crippen LogP contribution is 2.05. The lowest BCUT2D eigenvalue weighted by Crippen LogP contribution is -2.22. The van der Waals surface area contributed by atoms with Crippen molar-refractivity contribution < 1.29 is 9.63 Å². The minimum atomic E-state index is -0.0104. The Hall–Kier alpha value is -1.06. The normalized spacial score (nSPS) is 20.5. The molecule has 4 heteroatoms. The van der Waals surface area contributed by atoms with Gasteiger partial charge >= 0.3 is 0 Å². The Balaban J connectivity index is 2.39. The van der Waals surface area contributed by atoms with Crippen molar-refractivity contribution in [1.29, 1.82) is 0 Å². The van der Waals surface area contributed by atoms with Crippen molar-refractivity contribution in [2.45, 2.75) is 20.3 Å². The first kappa shape index (κ1) is 10.0. The molecule has 0 atom stereocenters. The van der Waals surface area contributed by atoms with E-state index in [1.54, 1.807) is 11.9 Å². The molecule has 1 rings (SSSR count). The van der Waals surface area contributed by atoms with Gasteiger partial charge in [-0.2, -0.15) is 0 Å². The third-order valence-corrected chi connectivity index (χ3v) is 1.86. The van der Waals surface area contributed by atoms with Gasteiger partial charge in [0.2, 0.25) is 0 Å². The Morgan fingerprint density at radius 2 is 2.31 bits per heavy atom. The Labute approximate surface area is 78.5 Å². The molecule has 0 radical (unpaired) electrons. The van der Waals surface area contributed by atoms with Crippen molar-refractivity contribution in [2.24, 2.45) is 11.1 Å². The first-order valence-electron chi connectivity index (χ1n) is 4.55. The molecule has 0 aromatic heterocycles. The van der Waals surface area contributed by atoms with E-state index in [2.05, 4.69) is 5.16 Å². The van der Waals surface area contributed by atoms with E-state index in [-0.39, 0.29) is 5.91 Å². The maximum absolute atomic E-state index is 11.3. The zero-order valence-electron chi connectivity index (χ0n) is 8.41. The van der Waals surface area contributed by atoms with Crippen molar-refractivity contribution in [3.05, 3.63) is 0 Å². The van der Waals surface area contributed by atoms with Crippen LogP contribution in [0, 0.1) is 5.92 Å². The van der Waals surface area contributed by atoms with Crippen LogP contribution in [-0.4, -0.2) is 36.7 Å². The molecule has 1 amide bonds. The van der Waals surface area contributed by atoms with E-state index in [0.717, 1.165) is 6.54 Å². The van der Waals surface area contributed by atoms with Gasteiger partial charge in [-0.05, 0) is 5.92 Å². The number of likely N-dealkylation sites (tertiary alicyclic amines) is 1. The molecule has 1 aliphatic heterocycles. The number of rotatable bonds is 3. The summed E-state index contributed by atoms with van der Waals surface area (Å²) < 4.78 is 0. The summed E-state index contributed by atoms with van der Waals surface area (Å²) >= 11 is 0. The van der Waals surface area contributed by atoms with Crippen LogP contribution in [0.1, 0.15) is 20.3 Å². The molecular formula is C9H16N2O2. The van der Waals surface area contributed by atoms with Crippen molar-refractivity contribution in [2.75, 3.05) is 20.2 Å². The summed E-state index contributed by atoms with van der Waals surface area (Å²) in [7, 11) is 1.77. The van der Waals surface area contributed by atoms with Gasteiger partial charge in [-0.25, -0.2) is 0 Å². The predicted molar refractivity (Wildman–Crippen MR) is 50.5 cm³/mol. The second kappa shape index (κ2) is 4.25. The van der Waals surface area contributed by atoms with Crippen LogP contribution in [-0.2, 0) is 9.63 Å². The van der Waals surface area contributed by atoms with Crippen LogP contribution >= 0.6 is 0 Å². The van der Waals surface area contributed by atoms with E-state index in [1.807, 2.05) is 13.8 Å². The molecule has 1 heterocycles. The van der Waals surface area contributed by atoms with Crippen LogP contribution in [0.15, 0.2) is 5.16 Å². The first-order valence-corrected chi connectivity index (χ1v) is 4.55. The zero-order valence-corrected chi connectivity index (χ0v) is 8.41. The summed E-state index contributed by atoms with van der Waals surface area (Å²) in [5.74, 6) is 0.433. The lowest BCUT2D eigenvalue weighted by molar-refractivity contribution is -0.121. The van der Waals surface area contributed by atoms with Gasteiger partial charge in [0.15, 0.2) is 0 Å². The molecule has 0 aromatic carbocycles. The highest BCUT2D eigenvalue weighted by molar-refractivity contribution is 6.40. The number of hydrogen-bond acceptors (Lipinski definition) is 3. The Morgan fingerprint density at radius 3 is 2.77 bits per heavy atom. The quantitative estimate of drug-likeness (QED) is 0.611. The first-order chi connectivity index (χ1) is 6.11. The maximum atomic E-state index is 11.3. The van der Waals surface area contributed by atoms with Gasteiger partial charge in [-0.15, -0.1) is 0 Å². The molecular weight excluding hydrogens is 168 g/mol. The number of nitrogens with zero attached hydrogens (tertiary/aromatic N) is 2. The van der Waals surface area contributed by atoms with Gasteiger partial charge in [0.25, 0.3) is 5.91 Å². The summed E-state index contributed by atoms with van der Waals surface area (Å²) in [6.45, 7) is 5.41. The van der Waals surface area contributed by atoms with Crippen LogP contribution in [0.3, 0.4) is 0 Å². The van der Waals surface area contributed by atoms with Gasteiger partial charge in [-0.3, -0.25) is 4.79 Å². The van der Waals surface area contributed by atoms with Crippen LogP contribution < -0.4 is 0 Å². The van der Waals surface area contributed by atoms with Crippen molar-refractivity contribution in [3.8, 4) is 0 Å². The molecule has 0 spiro atoms. The van der Waals surface area contributed by atoms with E-state index >= 15 is 0 Å². The Morgan fingerprint density at radius 1 is 1.62 bits per heavy atom. The van der Waals surface area contributed by atoms with Gasteiger partial charge in [0, 0.05) is 20.0 Å². The van der Waals surface area contributed by atoms with Gasteiger partial charge in [0.1, 0.15) is 12.3 Å². The molecule has 0 unspecified atom stereocenters. The van der Waals surface area contributed by atoms with Crippen molar-refractivity contribution in [3.63, 3.8) is 0 Å². The highest BCUT2D eigenvalue weighted by Gasteiger charge is 2.24. The summed E-state index contributed by atoms with van der Waals surface area (Å²) in [5, 5.41) is 3.82. The van der Waals surface area contributed by atoms with Crippen LogP contribution in [0.5, 0.6) is 0 Å². The topological polar surface area (TPSA) is 41.9 Å². The predicted octanol–water partition coefficient (Wildman–Crippen LogP) is 0.877. The molecule has 4 nitrogen and oxygen atoms in total. The third-order valence-electron chi connectivity index (χ3n) is 1.86. The number of hydrogen-bond donors (Lipinski definition) is 0. The fourth-order valence-electron chi connectivity index (χ4n) is 1.05. The molecule has 0 aliphatic carbocycles. The van der Waals surface area contributed by atoms with Gasteiger partial charge in [-0.1, -0.05) is 19.0 Å². The molecule has 74 valence electrons. The minimum absolute atomic E-state index is 0.0104. The average molecular weight is 184 g/mol. The number of carbonyl (C=O) groups excluding carboxylic acids is 1. The second-order valence-electron chi connectivity index (χ2n) is 3.70. The molecule has 1 saturated heterocycles. The van der Waals surface area contributed by atoms with Crippen LogP contribution in [0.2, 0.25) is 0 Å². The molecule has 0 aromatic rings. The summed E-state index contributed by atoms with van der Waals surface area (Å²) in [4.78, 5) is 18.0. The van der Waals surface area contributed by atoms with E-state index < -0.39 is 0 Å². The lowest BCUT2D eigenvalue weighted by atomic mass is 10.2. The number of oxime groups is 1. The van der Waals surface area contributed by atoms with Gasteiger partial charge < -0.3 is 9.74 Å². The minimum Gasteiger partial charge on any atom is -0.395 e. The lowest BCUT2D eigenvalue weighted by Gasteiger charge is -2.04. The number of carbonyl (C=O) groups is 1. The number of amides is 1. The summed E-state index contributed by atoms with van der Waals surface area (Å²) in [6, 6.07) is 0. The third kappa shape index (κ3) is 2.72. The van der Waals surface area contributed by atoms with Crippen molar-refractivity contribution in [1.82, 2.24) is 4.90 Å².